The number of hydrogen-bond acceptors (Lipinski definition) is 3. The van der Waals surface area contributed by atoms with E-state index in [-0.39, 0.29) is 11.9 Å². The van der Waals surface area contributed by atoms with E-state index in [2.05, 4.69) is 6.58 Å². The summed E-state index contributed by atoms with van der Waals surface area (Å²) in [7, 11) is 1.83. The fourth-order valence-corrected chi connectivity index (χ4v) is 3.21. The van der Waals surface area contributed by atoms with Crippen molar-refractivity contribution in [2.45, 2.75) is 18.9 Å². The van der Waals surface area contributed by atoms with Crippen molar-refractivity contribution in [2.24, 2.45) is 0 Å². The molecule has 1 amide bonds. The Morgan fingerprint density at radius 1 is 1.32 bits per heavy atom. The number of benzene rings is 2. The molecule has 1 unspecified atom stereocenters. The lowest BCUT2D eigenvalue weighted by atomic mass is 10.1. The average Bonchev–Trinajstić information content (AvgIpc) is 3.03. The van der Waals surface area contributed by atoms with Crippen molar-refractivity contribution in [2.75, 3.05) is 24.2 Å². The molecule has 4 nitrogen and oxygen atoms in total. The molecule has 0 bridgehead atoms. The first-order valence-electron chi connectivity index (χ1n) is 7.56. The Hall–Kier alpha value is -2.49. The van der Waals surface area contributed by atoms with Crippen molar-refractivity contribution >= 4 is 28.1 Å². The Morgan fingerprint density at radius 3 is 2.77 bits per heavy atom. The molecular formula is C18H21N3O. The van der Waals surface area contributed by atoms with Crippen molar-refractivity contribution in [3.05, 3.63) is 49.2 Å². The highest BCUT2D eigenvalue weighted by atomic mass is 16.2. The number of likely N-dealkylation sites (tertiary alicyclic amines) is 1. The Kier molecular flexibility index (Phi) is 3.75. The monoisotopic (exact) mass is 295 g/mol. The summed E-state index contributed by atoms with van der Waals surface area (Å²) in [6.45, 7) is 4.71. The molecular weight excluding hydrogens is 274 g/mol. The van der Waals surface area contributed by atoms with Gasteiger partial charge in [-0.25, -0.2) is 0 Å². The number of carbonyl (C=O) groups is 1. The highest BCUT2D eigenvalue weighted by Gasteiger charge is 2.31. The highest BCUT2D eigenvalue weighted by Crippen LogP contribution is 2.31. The summed E-state index contributed by atoms with van der Waals surface area (Å²) in [5, 5.41) is 1.98. The van der Waals surface area contributed by atoms with E-state index in [9.17, 15) is 4.79 Å². The quantitative estimate of drug-likeness (QED) is 0.886. The topological polar surface area (TPSA) is 49.6 Å². The third-order valence-corrected chi connectivity index (χ3v) is 4.44. The molecule has 1 heterocycles. The van der Waals surface area contributed by atoms with Gasteiger partial charge in [0.15, 0.2) is 0 Å². The second kappa shape index (κ2) is 5.72. The summed E-state index contributed by atoms with van der Waals surface area (Å²) in [6.07, 6.45) is 3.67. The maximum Gasteiger partial charge on any atom is 0.249 e. The lowest BCUT2D eigenvalue weighted by molar-refractivity contribution is -0.121. The summed E-state index contributed by atoms with van der Waals surface area (Å²) in [5.74, 6) is 0.104. The van der Waals surface area contributed by atoms with Crippen LogP contribution in [0.15, 0.2) is 49.2 Å². The number of hydrogen-bond donors (Lipinski definition) is 1. The molecule has 2 aromatic rings. The van der Waals surface area contributed by atoms with Gasteiger partial charge in [0.25, 0.3) is 0 Å². The standard InChI is InChI=1S/C18H21N3O/c1-3-21-12-6-9-17(21)18(22)20(2)16-11-10-15(19)13-7-4-5-8-14(13)16/h3-5,7-8,10-11,17H,1,6,9,12,19H2,2H3. The van der Waals surface area contributed by atoms with Gasteiger partial charge in [-0.1, -0.05) is 30.8 Å². The van der Waals surface area contributed by atoms with Gasteiger partial charge in [-0.2, -0.15) is 0 Å². The van der Waals surface area contributed by atoms with Crippen molar-refractivity contribution in [1.82, 2.24) is 4.90 Å². The maximum atomic E-state index is 12.8. The van der Waals surface area contributed by atoms with Crippen LogP contribution in [0.3, 0.4) is 0 Å². The van der Waals surface area contributed by atoms with Crippen LogP contribution in [0, 0.1) is 0 Å². The number of nitrogens with two attached hydrogens (primary N) is 1. The molecule has 1 atom stereocenters. The Labute approximate surface area is 130 Å². The van der Waals surface area contributed by atoms with E-state index in [0.29, 0.717) is 0 Å². The third-order valence-electron chi connectivity index (χ3n) is 4.44. The summed E-state index contributed by atoms with van der Waals surface area (Å²) in [5.41, 5.74) is 7.67. The van der Waals surface area contributed by atoms with E-state index in [1.165, 1.54) is 0 Å². The van der Waals surface area contributed by atoms with E-state index in [1.54, 1.807) is 11.1 Å². The summed E-state index contributed by atoms with van der Waals surface area (Å²) in [4.78, 5) is 16.6. The van der Waals surface area contributed by atoms with E-state index in [1.807, 2.05) is 48.3 Å². The fourth-order valence-electron chi connectivity index (χ4n) is 3.21. The van der Waals surface area contributed by atoms with Crippen molar-refractivity contribution in [1.29, 1.82) is 0 Å². The van der Waals surface area contributed by atoms with E-state index < -0.39 is 0 Å². The van der Waals surface area contributed by atoms with Crippen LogP contribution in [0.25, 0.3) is 10.8 Å². The Bertz CT molecular complexity index is 725. The van der Waals surface area contributed by atoms with Gasteiger partial charge in [0.05, 0.1) is 5.69 Å². The second-order valence-corrected chi connectivity index (χ2v) is 5.70. The van der Waals surface area contributed by atoms with Crippen molar-refractivity contribution in [3.8, 4) is 0 Å². The molecule has 114 valence electrons. The minimum absolute atomic E-state index is 0.104. The molecule has 2 aromatic carbocycles. The third kappa shape index (κ3) is 2.30. The van der Waals surface area contributed by atoms with E-state index in [4.69, 9.17) is 5.73 Å². The molecule has 0 saturated carbocycles. The van der Waals surface area contributed by atoms with Gasteiger partial charge in [0.1, 0.15) is 6.04 Å². The number of nitrogen functional groups attached to an aromatic ring is 1. The number of anilines is 2. The molecule has 0 spiro atoms. The number of rotatable bonds is 3. The summed E-state index contributed by atoms with van der Waals surface area (Å²) >= 11 is 0. The zero-order valence-corrected chi connectivity index (χ0v) is 12.8. The lowest BCUT2D eigenvalue weighted by Gasteiger charge is -2.27. The molecule has 4 heteroatoms. The fraction of sp³-hybridized carbons (Fsp3) is 0.278. The van der Waals surface area contributed by atoms with Crippen LogP contribution in [-0.2, 0) is 4.79 Å². The van der Waals surface area contributed by atoms with Crippen molar-refractivity contribution in [3.63, 3.8) is 0 Å². The van der Waals surface area contributed by atoms with Crippen LogP contribution >= 0.6 is 0 Å². The first-order valence-corrected chi connectivity index (χ1v) is 7.56. The molecule has 0 aliphatic carbocycles. The van der Waals surface area contributed by atoms with Crippen LogP contribution in [0.1, 0.15) is 12.8 Å². The zero-order valence-electron chi connectivity index (χ0n) is 12.8. The largest absolute Gasteiger partial charge is 0.398 e. The Morgan fingerprint density at radius 2 is 2.05 bits per heavy atom. The van der Waals surface area contributed by atoms with Gasteiger partial charge in [-0.3, -0.25) is 4.79 Å². The van der Waals surface area contributed by atoms with Crippen LogP contribution in [0.2, 0.25) is 0 Å². The normalized spacial score (nSPS) is 17.7. The summed E-state index contributed by atoms with van der Waals surface area (Å²) in [6, 6.07) is 11.6. The zero-order chi connectivity index (χ0) is 15.7. The minimum Gasteiger partial charge on any atom is -0.398 e. The first kappa shape index (κ1) is 14.4. The van der Waals surface area contributed by atoms with E-state index in [0.717, 1.165) is 41.5 Å². The van der Waals surface area contributed by atoms with E-state index >= 15 is 0 Å². The van der Waals surface area contributed by atoms with Crippen LogP contribution in [-0.4, -0.2) is 30.4 Å². The maximum absolute atomic E-state index is 12.8. The molecule has 0 aromatic heterocycles. The summed E-state index contributed by atoms with van der Waals surface area (Å²) < 4.78 is 0. The number of amides is 1. The number of likely N-dealkylation sites (N-methyl/N-ethyl adjacent to an activating group) is 1. The van der Waals surface area contributed by atoms with Crippen LogP contribution < -0.4 is 10.6 Å². The first-order chi connectivity index (χ1) is 10.6. The smallest absolute Gasteiger partial charge is 0.249 e. The Balaban J connectivity index is 1.99. The molecule has 22 heavy (non-hydrogen) atoms. The molecule has 0 radical (unpaired) electrons. The number of fused-ring (bicyclic) bond motifs is 1. The SMILES string of the molecule is C=CN1CCCC1C(=O)N(C)c1ccc(N)c2ccccc12. The number of nitrogens with zero attached hydrogens (tertiary/aromatic N) is 2. The van der Waals surface area contributed by atoms with Gasteiger partial charge in [-0.05, 0) is 31.2 Å². The van der Waals surface area contributed by atoms with Gasteiger partial charge < -0.3 is 15.5 Å². The molecule has 3 rings (SSSR count). The predicted molar refractivity (Wildman–Crippen MR) is 91.7 cm³/mol. The highest BCUT2D eigenvalue weighted by molar-refractivity contribution is 6.08. The molecule has 1 aliphatic rings. The van der Waals surface area contributed by atoms with Gasteiger partial charge in [0, 0.05) is 30.1 Å². The molecule has 1 aliphatic heterocycles. The average molecular weight is 295 g/mol. The van der Waals surface area contributed by atoms with Crippen molar-refractivity contribution < 1.29 is 4.79 Å². The molecule has 1 fully saturated rings. The van der Waals surface area contributed by atoms with Gasteiger partial charge in [-0.15, -0.1) is 0 Å². The van der Waals surface area contributed by atoms with Gasteiger partial charge >= 0.3 is 0 Å². The van der Waals surface area contributed by atoms with Crippen LogP contribution in [0.4, 0.5) is 11.4 Å². The molecule has 1 saturated heterocycles. The van der Waals surface area contributed by atoms with Crippen LogP contribution in [0.5, 0.6) is 0 Å². The number of carbonyl (C=O) groups excluding carboxylic acids is 1. The predicted octanol–water partition coefficient (Wildman–Crippen LogP) is 2.99. The molecule has 2 N–H and O–H groups in total. The van der Waals surface area contributed by atoms with Gasteiger partial charge in [0.2, 0.25) is 5.91 Å². The minimum atomic E-state index is -0.112. The lowest BCUT2D eigenvalue weighted by Crippen LogP contribution is -2.42. The second-order valence-electron chi connectivity index (χ2n) is 5.70.